The van der Waals surface area contributed by atoms with Gasteiger partial charge in [0.1, 0.15) is 11.5 Å². The van der Waals surface area contributed by atoms with Crippen molar-refractivity contribution in [1.29, 1.82) is 0 Å². The summed E-state index contributed by atoms with van der Waals surface area (Å²) in [7, 11) is 2.99. The topological polar surface area (TPSA) is 111 Å². The normalized spacial score (nSPS) is 19.5. The van der Waals surface area contributed by atoms with Gasteiger partial charge in [-0.1, -0.05) is 109 Å². The molecule has 0 N–H and O–H groups in total. The third-order valence-corrected chi connectivity index (χ3v) is 11.1. The summed E-state index contributed by atoms with van der Waals surface area (Å²) in [4.78, 5) is 0. The van der Waals surface area contributed by atoms with Crippen LogP contribution in [0.5, 0.6) is 11.5 Å². The molecule has 0 unspecified atom stereocenters. The zero-order valence-electron chi connectivity index (χ0n) is 48.9. The fraction of sp³-hybridized carbons (Fsp3) is 0.880. The Morgan fingerprint density at radius 2 is 0.779 bits per heavy atom. The van der Waals surface area contributed by atoms with E-state index in [4.69, 9.17) is 55.9 Å². The fourth-order valence-corrected chi connectivity index (χ4v) is 7.00. The molecule has 392 valence electrons. The largest absolute Gasteiger partial charge is 0.597 e. The second kappa shape index (κ2) is 30.1. The second-order valence-electron chi connectivity index (χ2n) is 24.2. The van der Waals surface area contributed by atoms with E-state index in [9.17, 15) is 0 Å². The van der Waals surface area contributed by atoms with Crippen molar-refractivity contribution in [2.24, 2.45) is 5.41 Å². The standard InChI is InChI=1S/C10H21BO2.C9H11BO2.C9H19BO2.C9H21BO2.C8H17BO2.C5H13BO2/c1-8(2)11-12-9(3,4)7-10(5,6)13-11;1-7(2)10-11-8-5-3-4-6-9(8)12-10;1-7(2)10-11-8(3,4)9(5,6)12-10;1-7(2)10(11-8(3)4)12-9(5)6;1-7(2)9-10-5-8(3,4)6-11-9;1-5(2)6(7-3)8-4/h8H,7H2,1-6H3;3-7H,1-2H3;7H,1-6H3;7-9H,1-6H3;7H,5-6H2,1-4H3;5H,1-4H3. The smallest absolute Gasteiger partial charge is 0.523 e. The van der Waals surface area contributed by atoms with Crippen molar-refractivity contribution in [2.45, 2.75) is 256 Å². The molecule has 0 amide bonds. The average Bonchev–Trinajstić information content (AvgIpc) is 3.71. The molecule has 0 bridgehead atoms. The van der Waals surface area contributed by atoms with E-state index in [1.165, 1.54) is 0 Å². The van der Waals surface area contributed by atoms with Crippen LogP contribution in [0, 0.1) is 5.41 Å². The summed E-state index contributed by atoms with van der Waals surface area (Å²) in [6, 6.07) is 7.76. The lowest BCUT2D eigenvalue weighted by Crippen LogP contribution is -2.52. The molecule has 4 heterocycles. The van der Waals surface area contributed by atoms with Gasteiger partial charge in [0.05, 0.1) is 22.4 Å². The average molecular weight is 960 g/mol. The van der Waals surface area contributed by atoms with Crippen LogP contribution < -0.4 is 9.31 Å². The first kappa shape index (κ1) is 66.8. The van der Waals surface area contributed by atoms with Crippen molar-refractivity contribution in [3.8, 4) is 11.5 Å². The molecule has 1 aromatic rings. The van der Waals surface area contributed by atoms with Gasteiger partial charge in [0.15, 0.2) is 0 Å². The van der Waals surface area contributed by atoms with Gasteiger partial charge in [-0.05, 0) is 124 Å². The van der Waals surface area contributed by atoms with Crippen LogP contribution in [-0.2, 0) is 46.5 Å². The molecule has 3 saturated heterocycles. The Balaban J connectivity index is 0.000000797. The predicted octanol–water partition coefficient (Wildman–Crippen LogP) is 13.6. The van der Waals surface area contributed by atoms with Gasteiger partial charge in [-0.25, -0.2) is 0 Å². The minimum absolute atomic E-state index is 0.0167. The first-order valence-corrected chi connectivity index (χ1v) is 25.6. The lowest BCUT2D eigenvalue weighted by atomic mass is 9.69. The summed E-state index contributed by atoms with van der Waals surface area (Å²) in [6.07, 6.45) is 1.41. The van der Waals surface area contributed by atoms with Crippen molar-refractivity contribution in [2.75, 3.05) is 27.4 Å². The van der Waals surface area contributed by atoms with Crippen LogP contribution in [0.4, 0.5) is 0 Å². The quantitative estimate of drug-likeness (QED) is 0.186. The maximum atomic E-state index is 5.85. The molecule has 0 atom stereocenters. The maximum Gasteiger partial charge on any atom is 0.597 e. The molecule has 3 fully saturated rings. The van der Waals surface area contributed by atoms with E-state index in [1.807, 2.05) is 52.0 Å². The fourth-order valence-electron chi connectivity index (χ4n) is 7.00. The molecule has 68 heavy (non-hydrogen) atoms. The molecule has 1 aromatic carbocycles. The Kier molecular flexibility index (Phi) is 29.6. The van der Waals surface area contributed by atoms with Crippen LogP contribution in [0.3, 0.4) is 0 Å². The van der Waals surface area contributed by atoms with E-state index in [1.54, 1.807) is 14.2 Å². The summed E-state index contributed by atoms with van der Waals surface area (Å²) >= 11 is 0. The number of rotatable bonds is 12. The first-order valence-electron chi connectivity index (χ1n) is 25.6. The maximum absolute atomic E-state index is 5.85. The molecule has 4 aliphatic heterocycles. The SMILES string of the molecule is CC(C)B1OC(C)(C)C(C)(C)O1.CC(C)B1OC(C)(C)CC(C)(C)O1.CC(C)B1OCC(C)(C)CO1.CC(C)B1Oc2ccccc2O1.CC(C)OB(OC(C)C)C(C)C.COB(OC)C(C)C. The predicted molar refractivity (Wildman–Crippen MR) is 290 cm³/mol. The van der Waals surface area contributed by atoms with Crippen molar-refractivity contribution in [3.05, 3.63) is 24.3 Å². The van der Waals surface area contributed by atoms with Gasteiger partial charge >= 0.3 is 42.7 Å². The van der Waals surface area contributed by atoms with Gasteiger partial charge in [-0.3, -0.25) is 0 Å². The molecule has 0 aliphatic carbocycles. The second-order valence-corrected chi connectivity index (χ2v) is 24.2. The molecule has 0 saturated carbocycles. The number of para-hydroxylation sites is 2. The van der Waals surface area contributed by atoms with Gasteiger partial charge < -0.3 is 55.9 Å². The summed E-state index contributed by atoms with van der Waals surface area (Å²) in [6.45, 7) is 56.1. The highest BCUT2D eigenvalue weighted by Gasteiger charge is 2.52. The van der Waals surface area contributed by atoms with Crippen molar-refractivity contribution in [3.63, 3.8) is 0 Å². The van der Waals surface area contributed by atoms with E-state index in [-0.39, 0.29) is 82.7 Å². The Bertz CT molecular complexity index is 1410. The van der Waals surface area contributed by atoms with Crippen molar-refractivity contribution >= 4 is 42.7 Å². The van der Waals surface area contributed by atoms with E-state index < -0.39 is 0 Å². The van der Waals surface area contributed by atoms with Crippen LogP contribution in [0.2, 0.25) is 34.9 Å². The molecular weight excluding hydrogens is 857 g/mol. The number of benzene rings is 1. The molecule has 12 nitrogen and oxygen atoms in total. The minimum atomic E-state index is -0.179. The summed E-state index contributed by atoms with van der Waals surface area (Å²) in [5.41, 5.74) is -0.275. The van der Waals surface area contributed by atoms with Gasteiger partial charge in [-0.15, -0.1) is 0 Å². The Labute approximate surface area is 421 Å². The van der Waals surface area contributed by atoms with Crippen molar-refractivity contribution in [1.82, 2.24) is 0 Å². The van der Waals surface area contributed by atoms with Gasteiger partial charge in [0.25, 0.3) is 0 Å². The first-order chi connectivity index (χ1) is 30.9. The van der Waals surface area contributed by atoms with E-state index in [0.29, 0.717) is 34.9 Å². The van der Waals surface area contributed by atoms with Gasteiger partial charge in [0.2, 0.25) is 0 Å². The van der Waals surface area contributed by atoms with E-state index in [0.717, 1.165) is 31.1 Å². The molecule has 5 rings (SSSR count). The molecule has 18 heteroatoms. The zero-order chi connectivity index (χ0) is 53.2. The third-order valence-electron chi connectivity index (χ3n) is 11.1. The van der Waals surface area contributed by atoms with Gasteiger partial charge in [0, 0.05) is 57.3 Å². The highest BCUT2D eigenvalue weighted by Crippen LogP contribution is 2.40. The molecule has 0 aromatic heterocycles. The highest BCUT2D eigenvalue weighted by atomic mass is 16.7. The van der Waals surface area contributed by atoms with Crippen LogP contribution in [-0.4, -0.2) is 105 Å². The Morgan fingerprint density at radius 1 is 0.456 bits per heavy atom. The number of hydrogen-bond acceptors (Lipinski definition) is 12. The summed E-state index contributed by atoms with van der Waals surface area (Å²) < 4.78 is 66.5. The lowest BCUT2D eigenvalue weighted by Gasteiger charge is -2.45. The minimum Gasteiger partial charge on any atom is -0.523 e. The Hall–Kier alpha value is -1.19. The lowest BCUT2D eigenvalue weighted by molar-refractivity contribution is -0.0791. The molecule has 0 radical (unpaired) electrons. The Morgan fingerprint density at radius 3 is 1.03 bits per heavy atom. The van der Waals surface area contributed by atoms with Crippen molar-refractivity contribution < 1.29 is 55.9 Å². The monoisotopic (exact) mass is 961 g/mol. The van der Waals surface area contributed by atoms with Gasteiger partial charge in [-0.2, -0.15) is 0 Å². The van der Waals surface area contributed by atoms with E-state index in [2.05, 4.69) is 152 Å². The summed E-state index contributed by atoms with van der Waals surface area (Å²) in [5.74, 6) is 4.25. The van der Waals surface area contributed by atoms with Crippen LogP contribution in [0.1, 0.15) is 186 Å². The van der Waals surface area contributed by atoms with E-state index >= 15 is 0 Å². The zero-order valence-corrected chi connectivity index (χ0v) is 48.9. The number of hydrogen-bond donors (Lipinski definition) is 0. The molecule has 4 aliphatic rings. The third kappa shape index (κ3) is 26.0. The molecule has 0 spiro atoms. The van der Waals surface area contributed by atoms with Crippen LogP contribution >= 0.6 is 0 Å². The number of fused-ring (bicyclic) bond motifs is 1. The molecular formula is C50H102B6O12. The summed E-state index contributed by atoms with van der Waals surface area (Å²) in [5, 5.41) is 0. The van der Waals surface area contributed by atoms with Crippen LogP contribution in [0.15, 0.2) is 24.3 Å². The highest BCUT2D eigenvalue weighted by molar-refractivity contribution is 6.49. The van der Waals surface area contributed by atoms with Crippen LogP contribution in [0.25, 0.3) is 0 Å².